The van der Waals surface area contributed by atoms with Gasteiger partial charge in [0.05, 0.1) is 19.0 Å². The fraction of sp³-hybridized carbons (Fsp3) is 0.353. The van der Waals surface area contributed by atoms with E-state index in [2.05, 4.69) is 4.98 Å². The summed E-state index contributed by atoms with van der Waals surface area (Å²) < 4.78 is 3.97. The maximum atomic E-state index is 12.4. The third-order valence-electron chi connectivity index (χ3n) is 4.22. The summed E-state index contributed by atoms with van der Waals surface area (Å²) >= 11 is 0. The maximum absolute atomic E-state index is 12.4. The van der Waals surface area contributed by atoms with Gasteiger partial charge in [-0.15, -0.1) is 0 Å². The molecule has 126 valence electrons. The number of hydrogen-bond donors (Lipinski definition) is 1. The van der Waals surface area contributed by atoms with Crippen molar-refractivity contribution in [2.24, 2.45) is 14.1 Å². The van der Waals surface area contributed by atoms with E-state index in [-0.39, 0.29) is 6.54 Å². The summed E-state index contributed by atoms with van der Waals surface area (Å²) in [4.78, 5) is 28.5. The van der Waals surface area contributed by atoms with Crippen LogP contribution in [0.2, 0.25) is 0 Å². The molecule has 0 aliphatic rings. The van der Waals surface area contributed by atoms with Gasteiger partial charge in [-0.3, -0.25) is 13.9 Å². The highest BCUT2D eigenvalue weighted by Crippen LogP contribution is 2.20. The van der Waals surface area contributed by atoms with E-state index >= 15 is 0 Å². The zero-order valence-corrected chi connectivity index (χ0v) is 14.1. The van der Waals surface area contributed by atoms with Crippen molar-refractivity contribution < 1.29 is 5.11 Å². The van der Waals surface area contributed by atoms with E-state index in [1.165, 1.54) is 17.9 Å². The van der Waals surface area contributed by atoms with Crippen LogP contribution in [0.15, 0.2) is 34.1 Å². The monoisotopic (exact) mass is 328 g/mol. The lowest BCUT2D eigenvalue weighted by Gasteiger charge is -2.14. The highest BCUT2D eigenvalue weighted by Gasteiger charge is 2.17. The van der Waals surface area contributed by atoms with Crippen LogP contribution in [0, 0.1) is 13.8 Å². The molecule has 0 radical (unpaired) electrons. The average molecular weight is 328 g/mol. The van der Waals surface area contributed by atoms with Gasteiger partial charge in [-0.2, -0.15) is 0 Å². The van der Waals surface area contributed by atoms with E-state index in [1.54, 1.807) is 11.6 Å². The Bertz CT molecular complexity index is 1020. The molecule has 0 aliphatic carbocycles. The van der Waals surface area contributed by atoms with Crippen LogP contribution in [0.1, 0.15) is 22.8 Å². The zero-order chi connectivity index (χ0) is 17.6. The van der Waals surface area contributed by atoms with Crippen LogP contribution in [0.4, 0.5) is 0 Å². The predicted octanol–water partition coefficient (Wildman–Crippen LogP) is 0.784. The summed E-state index contributed by atoms with van der Waals surface area (Å²) in [5.74, 6) is 0. The van der Waals surface area contributed by atoms with Gasteiger partial charge in [-0.1, -0.05) is 29.3 Å². The van der Waals surface area contributed by atoms with Crippen molar-refractivity contribution >= 4 is 11.2 Å². The van der Waals surface area contributed by atoms with Gasteiger partial charge in [-0.25, -0.2) is 9.78 Å². The molecule has 0 amide bonds. The molecule has 24 heavy (non-hydrogen) atoms. The van der Waals surface area contributed by atoms with E-state index in [9.17, 15) is 14.7 Å². The first-order valence-corrected chi connectivity index (χ1v) is 7.66. The lowest BCUT2D eigenvalue weighted by atomic mass is 10.0. The Hall–Kier alpha value is -2.67. The van der Waals surface area contributed by atoms with Crippen LogP contribution in [0.3, 0.4) is 0 Å². The zero-order valence-electron chi connectivity index (χ0n) is 14.1. The van der Waals surface area contributed by atoms with Gasteiger partial charge in [-0.05, 0) is 19.4 Å². The van der Waals surface area contributed by atoms with Crippen molar-refractivity contribution in [3.63, 3.8) is 0 Å². The second-order valence-corrected chi connectivity index (χ2v) is 6.21. The molecule has 1 atom stereocenters. The number of benzene rings is 1. The molecule has 0 bridgehead atoms. The molecule has 3 rings (SSSR count). The second kappa shape index (κ2) is 5.76. The van der Waals surface area contributed by atoms with E-state index in [1.807, 2.05) is 32.0 Å². The Morgan fingerprint density at radius 2 is 1.71 bits per heavy atom. The topological polar surface area (TPSA) is 82.1 Å². The Morgan fingerprint density at radius 3 is 2.33 bits per heavy atom. The summed E-state index contributed by atoms with van der Waals surface area (Å²) in [6, 6.07) is 5.88. The third-order valence-corrected chi connectivity index (χ3v) is 4.22. The van der Waals surface area contributed by atoms with Crippen molar-refractivity contribution in [2.45, 2.75) is 26.5 Å². The highest BCUT2D eigenvalue weighted by atomic mass is 16.3. The third kappa shape index (κ3) is 2.56. The SMILES string of the molecule is Cc1cc(C)cc(C(O)Cn2cnc3c2c(=O)n(C)c(=O)n3C)c1. The van der Waals surface area contributed by atoms with Crippen molar-refractivity contribution in [3.8, 4) is 0 Å². The van der Waals surface area contributed by atoms with Crippen molar-refractivity contribution in [2.75, 3.05) is 0 Å². The smallest absolute Gasteiger partial charge is 0.332 e. The molecule has 7 nitrogen and oxygen atoms in total. The molecule has 2 heterocycles. The number of aliphatic hydroxyl groups is 1. The van der Waals surface area contributed by atoms with Crippen LogP contribution in [-0.4, -0.2) is 23.8 Å². The molecular weight excluding hydrogens is 308 g/mol. The fourth-order valence-corrected chi connectivity index (χ4v) is 3.03. The van der Waals surface area contributed by atoms with E-state index in [0.717, 1.165) is 21.3 Å². The first-order chi connectivity index (χ1) is 11.3. The summed E-state index contributed by atoms with van der Waals surface area (Å²) in [6.45, 7) is 4.13. The minimum Gasteiger partial charge on any atom is -0.387 e. The van der Waals surface area contributed by atoms with Gasteiger partial charge >= 0.3 is 5.69 Å². The molecule has 3 aromatic rings. The summed E-state index contributed by atoms with van der Waals surface area (Å²) in [5.41, 5.74) is 2.70. The molecule has 2 aromatic heterocycles. The van der Waals surface area contributed by atoms with Crippen molar-refractivity contribution in [3.05, 3.63) is 62.1 Å². The lowest BCUT2D eigenvalue weighted by Crippen LogP contribution is -2.37. The Labute approximate surface area is 138 Å². The maximum Gasteiger partial charge on any atom is 0.332 e. The molecule has 0 spiro atoms. The summed E-state index contributed by atoms with van der Waals surface area (Å²) in [6.07, 6.45) is 0.708. The Balaban J connectivity index is 2.08. The highest BCUT2D eigenvalue weighted by molar-refractivity contribution is 5.69. The number of imidazole rings is 1. The average Bonchev–Trinajstić information content (AvgIpc) is 2.93. The quantitative estimate of drug-likeness (QED) is 0.770. The minimum absolute atomic E-state index is 0.187. The lowest BCUT2D eigenvalue weighted by molar-refractivity contribution is 0.157. The number of aromatic nitrogens is 4. The van der Waals surface area contributed by atoms with Crippen LogP contribution < -0.4 is 11.2 Å². The van der Waals surface area contributed by atoms with Gasteiger partial charge in [0.2, 0.25) is 0 Å². The molecule has 0 fully saturated rings. The largest absolute Gasteiger partial charge is 0.387 e. The number of nitrogens with zero attached hydrogens (tertiary/aromatic N) is 4. The molecule has 0 saturated heterocycles. The number of rotatable bonds is 3. The minimum atomic E-state index is -0.775. The first kappa shape index (κ1) is 16.2. The molecule has 1 unspecified atom stereocenters. The van der Waals surface area contributed by atoms with Gasteiger partial charge in [0.15, 0.2) is 11.2 Å². The van der Waals surface area contributed by atoms with E-state index in [0.29, 0.717) is 11.2 Å². The van der Waals surface area contributed by atoms with Crippen LogP contribution in [-0.2, 0) is 20.6 Å². The van der Waals surface area contributed by atoms with Gasteiger partial charge in [0.1, 0.15) is 0 Å². The fourth-order valence-electron chi connectivity index (χ4n) is 3.03. The number of fused-ring (bicyclic) bond motifs is 1. The molecule has 1 aromatic carbocycles. The number of hydrogen-bond acceptors (Lipinski definition) is 4. The van der Waals surface area contributed by atoms with Crippen molar-refractivity contribution in [1.82, 2.24) is 18.7 Å². The van der Waals surface area contributed by atoms with Crippen LogP contribution >= 0.6 is 0 Å². The summed E-state index contributed by atoms with van der Waals surface area (Å²) in [5, 5.41) is 10.6. The van der Waals surface area contributed by atoms with Crippen molar-refractivity contribution in [1.29, 1.82) is 0 Å². The molecular formula is C17H20N4O3. The Morgan fingerprint density at radius 1 is 1.08 bits per heavy atom. The van der Waals surface area contributed by atoms with Crippen LogP contribution in [0.25, 0.3) is 11.2 Å². The first-order valence-electron chi connectivity index (χ1n) is 7.66. The van der Waals surface area contributed by atoms with E-state index < -0.39 is 17.4 Å². The Kier molecular flexibility index (Phi) is 3.88. The number of aliphatic hydroxyl groups excluding tert-OH is 1. The predicted molar refractivity (Wildman–Crippen MR) is 91.1 cm³/mol. The van der Waals surface area contributed by atoms with Gasteiger partial charge < -0.3 is 9.67 Å². The molecule has 0 saturated carbocycles. The molecule has 1 N–H and O–H groups in total. The second-order valence-electron chi connectivity index (χ2n) is 6.21. The van der Waals surface area contributed by atoms with Gasteiger partial charge in [0, 0.05) is 14.1 Å². The number of aryl methyl sites for hydroxylation is 3. The molecule has 7 heteroatoms. The summed E-state index contributed by atoms with van der Waals surface area (Å²) in [7, 11) is 3.00. The van der Waals surface area contributed by atoms with Crippen LogP contribution in [0.5, 0.6) is 0 Å². The van der Waals surface area contributed by atoms with Gasteiger partial charge in [0.25, 0.3) is 5.56 Å². The van der Waals surface area contributed by atoms with E-state index in [4.69, 9.17) is 0 Å². The molecule has 0 aliphatic heterocycles. The normalized spacial score (nSPS) is 12.7. The standard InChI is InChI=1S/C17H20N4O3/c1-10-5-11(2)7-12(6-10)13(22)8-21-9-18-15-14(21)16(23)20(4)17(24)19(15)3/h5-7,9,13,22H,8H2,1-4H3.